The Kier molecular flexibility index (Phi) is 1.63. The van der Waals surface area contributed by atoms with Crippen LogP contribution in [0.15, 0.2) is 12.2 Å². The third-order valence-electron chi connectivity index (χ3n) is 1.11. The van der Waals surface area contributed by atoms with E-state index in [1.165, 1.54) is 6.08 Å². The molecule has 0 aromatic carbocycles. The molecule has 1 rings (SSSR count). The number of ether oxygens (including phenoxy) is 1. The van der Waals surface area contributed by atoms with E-state index in [1.807, 2.05) is 6.92 Å². The molecule has 0 fully saturated rings. The highest BCUT2D eigenvalue weighted by molar-refractivity contribution is 4.96. The summed E-state index contributed by atoms with van der Waals surface area (Å²) >= 11 is 0. The van der Waals surface area contributed by atoms with Gasteiger partial charge in [0.25, 0.3) is 0 Å². The zero-order valence-electron chi connectivity index (χ0n) is 4.80. The smallest absolute Gasteiger partial charge is 0.142 e. The molecule has 0 aromatic heterocycles. The molecule has 2 atom stereocenters. The molecule has 8 heavy (non-hydrogen) atoms. The molecule has 0 N–H and O–H groups in total. The van der Waals surface area contributed by atoms with Gasteiger partial charge in [0, 0.05) is 0 Å². The molecule has 0 bridgehead atoms. The van der Waals surface area contributed by atoms with Gasteiger partial charge in [0.2, 0.25) is 0 Å². The van der Waals surface area contributed by atoms with Crippen LogP contribution in [0.4, 0.5) is 4.39 Å². The average Bonchev–Trinajstić information content (AvgIpc) is 1.77. The van der Waals surface area contributed by atoms with Crippen molar-refractivity contribution in [3.05, 3.63) is 12.2 Å². The molecule has 1 aliphatic heterocycles. The second-order valence-electron chi connectivity index (χ2n) is 1.94. The fourth-order valence-corrected chi connectivity index (χ4v) is 0.632. The van der Waals surface area contributed by atoms with Crippen molar-refractivity contribution in [1.82, 2.24) is 0 Å². The zero-order valence-corrected chi connectivity index (χ0v) is 4.80. The molecular formula is C6H9FO. The Balaban J connectivity index is 2.42. The van der Waals surface area contributed by atoms with Gasteiger partial charge in [-0.25, -0.2) is 4.39 Å². The number of hydrogen-bond acceptors (Lipinski definition) is 1. The standard InChI is InChI=1S/C6H9FO/c1-5-2-3-6(7)4-8-5/h2-3,5-6H,4H2,1H3/t5-,6-/m0/s1. The lowest BCUT2D eigenvalue weighted by molar-refractivity contribution is 0.0542. The molecule has 46 valence electrons. The SMILES string of the molecule is C[C@H]1C=C[C@H](F)CO1. The summed E-state index contributed by atoms with van der Waals surface area (Å²) in [6.07, 6.45) is 2.48. The molecule has 0 aromatic rings. The second kappa shape index (κ2) is 2.27. The predicted molar refractivity (Wildman–Crippen MR) is 29.4 cm³/mol. The lowest BCUT2D eigenvalue weighted by atomic mass is 10.2. The summed E-state index contributed by atoms with van der Waals surface area (Å²) in [5.74, 6) is 0. The second-order valence-corrected chi connectivity index (χ2v) is 1.94. The Morgan fingerprint density at radius 1 is 1.62 bits per heavy atom. The van der Waals surface area contributed by atoms with Gasteiger partial charge < -0.3 is 4.74 Å². The van der Waals surface area contributed by atoms with Gasteiger partial charge in [-0.3, -0.25) is 0 Å². The van der Waals surface area contributed by atoms with Gasteiger partial charge in [-0.15, -0.1) is 0 Å². The molecule has 1 nitrogen and oxygen atoms in total. The minimum absolute atomic E-state index is 0.0991. The fraction of sp³-hybridized carbons (Fsp3) is 0.667. The predicted octanol–water partition coefficient (Wildman–Crippen LogP) is 1.30. The van der Waals surface area contributed by atoms with Gasteiger partial charge in [-0.2, -0.15) is 0 Å². The first-order valence-electron chi connectivity index (χ1n) is 2.73. The lowest BCUT2D eigenvalue weighted by Crippen LogP contribution is -2.18. The summed E-state index contributed by atoms with van der Waals surface area (Å²) in [5, 5.41) is 0. The summed E-state index contributed by atoms with van der Waals surface area (Å²) in [6, 6.07) is 0. The summed E-state index contributed by atoms with van der Waals surface area (Å²) in [5.41, 5.74) is 0. The van der Waals surface area contributed by atoms with E-state index in [0.29, 0.717) is 0 Å². The van der Waals surface area contributed by atoms with E-state index in [4.69, 9.17) is 4.74 Å². The number of rotatable bonds is 0. The first kappa shape index (κ1) is 5.76. The van der Waals surface area contributed by atoms with Crippen molar-refractivity contribution in [2.45, 2.75) is 19.2 Å². The van der Waals surface area contributed by atoms with Crippen LogP contribution in [0, 0.1) is 0 Å². The van der Waals surface area contributed by atoms with Crippen molar-refractivity contribution in [3.63, 3.8) is 0 Å². The van der Waals surface area contributed by atoms with Gasteiger partial charge >= 0.3 is 0 Å². The van der Waals surface area contributed by atoms with Crippen molar-refractivity contribution in [3.8, 4) is 0 Å². The highest BCUT2D eigenvalue weighted by Gasteiger charge is 2.09. The maximum atomic E-state index is 12.1. The molecule has 0 saturated heterocycles. The normalized spacial score (nSPS) is 37.8. The molecule has 0 radical (unpaired) electrons. The van der Waals surface area contributed by atoms with Crippen LogP contribution in [0.1, 0.15) is 6.92 Å². The van der Waals surface area contributed by atoms with Crippen LogP contribution >= 0.6 is 0 Å². The highest BCUT2D eigenvalue weighted by Crippen LogP contribution is 2.05. The minimum Gasteiger partial charge on any atom is -0.371 e. The zero-order chi connectivity index (χ0) is 5.98. The van der Waals surface area contributed by atoms with E-state index in [9.17, 15) is 4.39 Å². The molecule has 1 heterocycles. The maximum Gasteiger partial charge on any atom is 0.142 e. The fourth-order valence-electron chi connectivity index (χ4n) is 0.632. The highest BCUT2D eigenvalue weighted by atomic mass is 19.1. The van der Waals surface area contributed by atoms with Gasteiger partial charge in [0.1, 0.15) is 6.17 Å². The first-order chi connectivity index (χ1) is 3.79. The van der Waals surface area contributed by atoms with Crippen molar-refractivity contribution in [2.24, 2.45) is 0 Å². The van der Waals surface area contributed by atoms with Crippen LogP contribution in [-0.4, -0.2) is 18.9 Å². The number of hydrogen-bond donors (Lipinski definition) is 0. The van der Waals surface area contributed by atoms with Gasteiger partial charge in [-0.1, -0.05) is 6.08 Å². The average molecular weight is 116 g/mol. The maximum absolute atomic E-state index is 12.1. The van der Waals surface area contributed by atoms with Crippen molar-refractivity contribution in [1.29, 1.82) is 0 Å². The quantitative estimate of drug-likeness (QED) is 0.433. The van der Waals surface area contributed by atoms with Crippen molar-refractivity contribution < 1.29 is 9.13 Å². The van der Waals surface area contributed by atoms with Crippen molar-refractivity contribution >= 4 is 0 Å². The molecule has 0 spiro atoms. The molecular weight excluding hydrogens is 107 g/mol. The Hall–Kier alpha value is -0.370. The topological polar surface area (TPSA) is 9.23 Å². The molecule has 1 aliphatic rings. The van der Waals surface area contributed by atoms with Gasteiger partial charge in [0.15, 0.2) is 0 Å². The monoisotopic (exact) mass is 116 g/mol. The Morgan fingerprint density at radius 3 is 2.75 bits per heavy atom. The molecule has 0 aliphatic carbocycles. The first-order valence-corrected chi connectivity index (χ1v) is 2.73. The van der Waals surface area contributed by atoms with Crippen LogP contribution < -0.4 is 0 Å². The molecule has 0 saturated carbocycles. The molecule has 0 unspecified atom stereocenters. The summed E-state index contributed by atoms with van der Waals surface area (Å²) in [6.45, 7) is 2.11. The Bertz CT molecular complexity index is 88.7. The summed E-state index contributed by atoms with van der Waals surface area (Å²) in [7, 11) is 0. The summed E-state index contributed by atoms with van der Waals surface area (Å²) in [4.78, 5) is 0. The van der Waals surface area contributed by atoms with Crippen LogP contribution in [0.2, 0.25) is 0 Å². The van der Waals surface area contributed by atoms with Crippen LogP contribution in [-0.2, 0) is 4.74 Å². The molecule has 0 amide bonds. The van der Waals surface area contributed by atoms with Crippen LogP contribution in [0.5, 0.6) is 0 Å². The Labute approximate surface area is 48.1 Å². The van der Waals surface area contributed by atoms with E-state index in [-0.39, 0.29) is 12.7 Å². The third-order valence-corrected chi connectivity index (χ3v) is 1.11. The van der Waals surface area contributed by atoms with Gasteiger partial charge in [-0.05, 0) is 13.0 Å². The largest absolute Gasteiger partial charge is 0.371 e. The lowest BCUT2D eigenvalue weighted by Gasteiger charge is -2.14. The molecule has 2 heteroatoms. The summed E-state index contributed by atoms with van der Waals surface area (Å²) < 4.78 is 17.1. The Morgan fingerprint density at radius 2 is 2.38 bits per heavy atom. The number of alkyl halides is 1. The van der Waals surface area contributed by atoms with Gasteiger partial charge in [0.05, 0.1) is 12.7 Å². The van der Waals surface area contributed by atoms with E-state index in [0.717, 1.165) is 0 Å². The minimum atomic E-state index is -0.883. The van der Waals surface area contributed by atoms with Crippen LogP contribution in [0.3, 0.4) is 0 Å². The van der Waals surface area contributed by atoms with E-state index >= 15 is 0 Å². The third kappa shape index (κ3) is 1.30. The van der Waals surface area contributed by atoms with E-state index < -0.39 is 6.17 Å². The van der Waals surface area contributed by atoms with E-state index in [2.05, 4.69) is 0 Å². The van der Waals surface area contributed by atoms with Crippen LogP contribution in [0.25, 0.3) is 0 Å². The van der Waals surface area contributed by atoms with E-state index in [1.54, 1.807) is 6.08 Å². The van der Waals surface area contributed by atoms with Crippen molar-refractivity contribution in [2.75, 3.05) is 6.61 Å². The number of halogens is 1.